The predicted molar refractivity (Wildman–Crippen MR) is 124 cm³/mol. The number of rotatable bonds is 3. The number of pyridine rings is 2. The van der Waals surface area contributed by atoms with Gasteiger partial charge in [-0.25, -0.2) is 19.3 Å². The number of nitrogens with zero attached hydrogens (tertiary/aromatic N) is 5. The number of ether oxygens (including phenoxy) is 2. The molecule has 0 saturated carbocycles. The fourth-order valence-electron chi connectivity index (χ4n) is 3.82. The van der Waals surface area contributed by atoms with Crippen molar-refractivity contribution in [3.63, 3.8) is 0 Å². The number of aryl methyl sites for hydroxylation is 1. The summed E-state index contributed by atoms with van der Waals surface area (Å²) < 4.78 is 12.8. The summed E-state index contributed by atoms with van der Waals surface area (Å²) in [5.74, 6) is 1.28. The lowest BCUT2D eigenvalue weighted by atomic mass is 9.95. The van der Waals surface area contributed by atoms with Crippen molar-refractivity contribution in [3.05, 3.63) is 47.9 Å². The molecule has 3 heterocycles. The Balaban J connectivity index is 1.88. The summed E-state index contributed by atoms with van der Waals surface area (Å²) in [6.07, 6.45) is 2.79. The molecule has 166 valence electrons. The molecule has 4 rings (SSSR count). The third-order valence-electron chi connectivity index (χ3n) is 5.34. The fourth-order valence-corrected chi connectivity index (χ4v) is 3.82. The maximum absolute atomic E-state index is 12.5. The average molecular weight is 434 g/mol. The van der Waals surface area contributed by atoms with E-state index in [-0.39, 0.29) is 0 Å². The molecule has 0 aliphatic rings. The minimum Gasteiger partial charge on any atom is -0.496 e. The molecule has 8 heteroatoms. The van der Waals surface area contributed by atoms with Crippen LogP contribution in [0.4, 0.5) is 10.6 Å². The summed E-state index contributed by atoms with van der Waals surface area (Å²) in [6, 6.07) is 7.88. The van der Waals surface area contributed by atoms with Gasteiger partial charge >= 0.3 is 6.09 Å². The second kappa shape index (κ2) is 7.78. The molecule has 1 aromatic carbocycles. The van der Waals surface area contributed by atoms with E-state index < -0.39 is 11.7 Å². The van der Waals surface area contributed by atoms with Gasteiger partial charge in [-0.1, -0.05) is 6.07 Å². The van der Waals surface area contributed by atoms with Crippen molar-refractivity contribution in [2.24, 2.45) is 0 Å². The highest BCUT2D eigenvalue weighted by Gasteiger charge is 2.22. The highest BCUT2D eigenvalue weighted by atomic mass is 16.6. The summed E-state index contributed by atoms with van der Waals surface area (Å²) in [4.78, 5) is 22.9. The van der Waals surface area contributed by atoms with E-state index in [0.717, 1.165) is 38.9 Å². The number of amides is 1. The highest BCUT2D eigenvalue weighted by Crippen LogP contribution is 2.37. The molecule has 1 amide bonds. The Labute approximate surface area is 186 Å². The zero-order chi connectivity index (χ0) is 23.2. The first-order chi connectivity index (χ1) is 15.1. The van der Waals surface area contributed by atoms with Crippen molar-refractivity contribution in [2.75, 3.05) is 19.1 Å². The smallest absolute Gasteiger partial charge is 0.415 e. The molecule has 0 fully saturated rings. The van der Waals surface area contributed by atoms with E-state index >= 15 is 0 Å². The molecule has 0 atom stereocenters. The molecule has 3 aromatic heterocycles. The van der Waals surface area contributed by atoms with Crippen LogP contribution < -0.4 is 9.64 Å². The van der Waals surface area contributed by atoms with Gasteiger partial charge < -0.3 is 9.47 Å². The molecule has 8 nitrogen and oxygen atoms in total. The van der Waals surface area contributed by atoms with Gasteiger partial charge in [0.1, 0.15) is 23.5 Å². The van der Waals surface area contributed by atoms with Crippen LogP contribution in [0.25, 0.3) is 27.7 Å². The Morgan fingerprint density at radius 1 is 1.12 bits per heavy atom. The molecule has 32 heavy (non-hydrogen) atoms. The van der Waals surface area contributed by atoms with E-state index in [1.807, 2.05) is 45.9 Å². The molecule has 0 unspecified atom stereocenters. The molecule has 0 aliphatic carbocycles. The van der Waals surface area contributed by atoms with Crippen molar-refractivity contribution in [3.8, 4) is 16.9 Å². The molecule has 0 bridgehead atoms. The van der Waals surface area contributed by atoms with E-state index in [4.69, 9.17) is 9.47 Å². The highest BCUT2D eigenvalue weighted by molar-refractivity contribution is 5.95. The Hall–Kier alpha value is -3.68. The Bertz CT molecular complexity index is 1340. The van der Waals surface area contributed by atoms with Crippen molar-refractivity contribution in [1.29, 1.82) is 0 Å². The van der Waals surface area contributed by atoms with Crippen molar-refractivity contribution >= 4 is 28.5 Å². The number of methoxy groups -OCH3 is 1. The lowest BCUT2D eigenvalue weighted by Gasteiger charge is -2.24. The normalized spacial score (nSPS) is 11.7. The molecule has 0 saturated heterocycles. The maximum Gasteiger partial charge on any atom is 0.415 e. The second-order valence-corrected chi connectivity index (χ2v) is 8.78. The number of hydrogen-bond acceptors (Lipinski definition) is 6. The quantitative estimate of drug-likeness (QED) is 0.455. The van der Waals surface area contributed by atoms with Gasteiger partial charge in [-0.05, 0) is 63.4 Å². The van der Waals surface area contributed by atoms with Crippen molar-refractivity contribution in [2.45, 2.75) is 40.2 Å². The molecule has 0 spiro atoms. The summed E-state index contributed by atoms with van der Waals surface area (Å²) in [5, 5.41) is 5.33. The monoisotopic (exact) mass is 433 g/mol. The van der Waals surface area contributed by atoms with Crippen LogP contribution in [0, 0.1) is 13.8 Å². The lowest BCUT2D eigenvalue weighted by molar-refractivity contribution is 0.0588. The van der Waals surface area contributed by atoms with Gasteiger partial charge in [0.2, 0.25) is 0 Å². The number of anilines is 1. The topological polar surface area (TPSA) is 81.8 Å². The minimum atomic E-state index is -0.595. The van der Waals surface area contributed by atoms with Crippen LogP contribution in [0.2, 0.25) is 0 Å². The van der Waals surface area contributed by atoms with Crippen molar-refractivity contribution < 1.29 is 14.3 Å². The van der Waals surface area contributed by atoms with Crippen LogP contribution in [0.15, 0.2) is 36.8 Å². The number of fused-ring (bicyclic) bond motifs is 3. The number of aromatic nitrogens is 4. The van der Waals surface area contributed by atoms with Gasteiger partial charge in [0.05, 0.1) is 12.6 Å². The number of carbonyl (C=O) groups is 1. The van der Waals surface area contributed by atoms with Gasteiger partial charge in [0.25, 0.3) is 0 Å². The Kier molecular flexibility index (Phi) is 5.24. The standard InChI is InChI=1S/C24H27N5O3/c1-14-8-9-19(31-7)15(2)21(14)17-10-16-12-25-20(28(6)23(30)32-24(3,4)5)11-18(16)29-22(17)26-13-27-29/h8-13H,1-7H3. The predicted octanol–water partition coefficient (Wildman–Crippen LogP) is 4.94. The van der Waals surface area contributed by atoms with E-state index in [9.17, 15) is 4.79 Å². The zero-order valence-electron chi connectivity index (χ0n) is 19.4. The van der Waals surface area contributed by atoms with Crippen molar-refractivity contribution in [1.82, 2.24) is 19.6 Å². The molecule has 0 aliphatic heterocycles. The molecular weight excluding hydrogens is 406 g/mol. The fraction of sp³-hybridized carbons (Fsp3) is 0.333. The van der Waals surface area contributed by atoms with Gasteiger partial charge in [-0.3, -0.25) is 4.90 Å². The maximum atomic E-state index is 12.5. The third kappa shape index (κ3) is 3.72. The van der Waals surface area contributed by atoms with Crippen LogP contribution in [-0.4, -0.2) is 45.4 Å². The van der Waals surface area contributed by atoms with Crippen LogP contribution in [0.5, 0.6) is 5.75 Å². The van der Waals surface area contributed by atoms with Gasteiger partial charge in [0.15, 0.2) is 5.65 Å². The zero-order valence-corrected chi connectivity index (χ0v) is 19.4. The van der Waals surface area contributed by atoms with Gasteiger partial charge in [-0.15, -0.1) is 0 Å². The van der Waals surface area contributed by atoms with E-state index in [0.29, 0.717) is 11.5 Å². The van der Waals surface area contributed by atoms with Gasteiger partial charge in [-0.2, -0.15) is 5.10 Å². The largest absolute Gasteiger partial charge is 0.496 e. The van der Waals surface area contributed by atoms with Crippen LogP contribution in [-0.2, 0) is 4.74 Å². The minimum absolute atomic E-state index is 0.463. The van der Waals surface area contributed by atoms with E-state index in [1.54, 1.807) is 24.9 Å². The first-order valence-corrected chi connectivity index (χ1v) is 10.3. The van der Waals surface area contributed by atoms with E-state index in [2.05, 4.69) is 28.1 Å². The van der Waals surface area contributed by atoms with Crippen LogP contribution in [0.1, 0.15) is 31.9 Å². The first-order valence-electron chi connectivity index (χ1n) is 10.3. The molecule has 0 N–H and O–H groups in total. The SMILES string of the molecule is COc1ccc(C)c(-c2cc3cnc(N(C)C(=O)OC(C)(C)C)cc3n3ncnc23)c1C. The third-order valence-corrected chi connectivity index (χ3v) is 5.34. The van der Waals surface area contributed by atoms with Crippen LogP contribution >= 0.6 is 0 Å². The number of carbonyl (C=O) groups excluding carboxylic acids is 1. The average Bonchev–Trinajstić information content (AvgIpc) is 3.22. The molecular formula is C24H27N5O3. The number of benzene rings is 1. The molecule has 4 aromatic rings. The summed E-state index contributed by atoms with van der Waals surface area (Å²) in [6.45, 7) is 9.59. The summed E-state index contributed by atoms with van der Waals surface area (Å²) >= 11 is 0. The van der Waals surface area contributed by atoms with Crippen LogP contribution in [0.3, 0.4) is 0 Å². The molecule has 0 radical (unpaired) electrons. The number of hydrogen-bond donors (Lipinski definition) is 0. The summed E-state index contributed by atoms with van der Waals surface area (Å²) in [5.41, 5.74) is 5.06. The lowest BCUT2D eigenvalue weighted by Crippen LogP contribution is -2.34. The Morgan fingerprint density at radius 2 is 1.88 bits per heavy atom. The van der Waals surface area contributed by atoms with Gasteiger partial charge in [0, 0.05) is 30.3 Å². The summed E-state index contributed by atoms with van der Waals surface area (Å²) in [7, 11) is 3.30. The second-order valence-electron chi connectivity index (χ2n) is 8.78. The first kappa shape index (κ1) is 21.5. The van der Waals surface area contributed by atoms with E-state index in [1.165, 1.54) is 11.2 Å². The Morgan fingerprint density at radius 3 is 2.56 bits per heavy atom.